The van der Waals surface area contributed by atoms with Crippen molar-refractivity contribution in [1.29, 1.82) is 0 Å². The third-order valence-corrected chi connectivity index (χ3v) is 6.03. The Kier molecular flexibility index (Phi) is 5.96. The van der Waals surface area contributed by atoms with Crippen LogP contribution in [0.4, 0.5) is 17.5 Å². The van der Waals surface area contributed by atoms with Gasteiger partial charge in [-0.1, -0.05) is 6.07 Å². The summed E-state index contributed by atoms with van der Waals surface area (Å²) in [7, 11) is 0. The SMILES string of the molecule is Cc1cnc(NC(C)(C)C)nc1Nc1cccc(SN2C(C)CCC2C)c1. The largest absolute Gasteiger partial charge is 0.350 e. The van der Waals surface area contributed by atoms with Gasteiger partial charge >= 0.3 is 0 Å². The topological polar surface area (TPSA) is 53.1 Å². The zero-order valence-corrected chi connectivity index (χ0v) is 18.0. The number of aryl methyl sites for hydroxylation is 1. The molecule has 2 unspecified atom stereocenters. The summed E-state index contributed by atoms with van der Waals surface area (Å²) in [5, 5.41) is 6.79. The molecule has 1 aromatic carbocycles. The minimum atomic E-state index is -0.0772. The monoisotopic (exact) mass is 385 g/mol. The summed E-state index contributed by atoms with van der Waals surface area (Å²) in [5.74, 6) is 1.47. The molecule has 0 saturated carbocycles. The number of benzene rings is 1. The fourth-order valence-corrected chi connectivity index (χ4v) is 4.34. The first-order valence-electron chi connectivity index (χ1n) is 9.66. The number of nitrogens with zero attached hydrogens (tertiary/aromatic N) is 3. The van der Waals surface area contributed by atoms with Crippen LogP contribution in [-0.2, 0) is 0 Å². The quantitative estimate of drug-likeness (QED) is 0.652. The zero-order valence-electron chi connectivity index (χ0n) is 17.2. The first-order valence-corrected chi connectivity index (χ1v) is 10.4. The molecule has 6 heteroatoms. The lowest BCUT2D eigenvalue weighted by Crippen LogP contribution is -2.27. The van der Waals surface area contributed by atoms with E-state index in [4.69, 9.17) is 0 Å². The lowest BCUT2D eigenvalue weighted by molar-refractivity contribution is 0.394. The molecule has 0 amide bonds. The highest BCUT2D eigenvalue weighted by Gasteiger charge is 2.28. The van der Waals surface area contributed by atoms with Crippen LogP contribution in [0.2, 0.25) is 0 Å². The van der Waals surface area contributed by atoms with Gasteiger partial charge < -0.3 is 10.6 Å². The average Bonchev–Trinajstić information content (AvgIpc) is 2.89. The van der Waals surface area contributed by atoms with Crippen molar-refractivity contribution < 1.29 is 0 Å². The normalized spacial score (nSPS) is 20.7. The maximum atomic E-state index is 4.66. The lowest BCUT2D eigenvalue weighted by Gasteiger charge is -2.24. The van der Waals surface area contributed by atoms with Crippen molar-refractivity contribution in [2.45, 2.75) is 76.9 Å². The van der Waals surface area contributed by atoms with E-state index in [-0.39, 0.29) is 5.54 Å². The zero-order chi connectivity index (χ0) is 19.6. The molecule has 146 valence electrons. The maximum absolute atomic E-state index is 4.66. The Bertz CT molecular complexity index is 776. The highest BCUT2D eigenvalue weighted by Crippen LogP contribution is 2.36. The number of aromatic nitrogens is 2. The van der Waals surface area contributed by atoms with Gasteiger partial charge in [-0.15, -0.1) is 0 Å². The van der Waals surface area contributed by atoms with Gasteiger partial charge in [0, 0.05) is 40.0 Å². The molecule has 27 heavy (non-hydrogen) atoms. The van der Waals surface area contributed by atoms with E-state index in [1.54, 1.807) is 0 Å². The predicted octanol–water partition coefficient (Wildman–Crippen LogP) is 5.62. The first kappa shape index (κ1) is 20.0. The van der Waals surface area contributed by atoms with Gasteiger partial charge in [0.05, 0.1) is 0 Å². The van der Waals surface area contributed by atoms with Gasteiger partial charge in [0.15, 0.2) is 0 Å². The van der Waals surface area contributed by atoms with E-state index in [1.165, 1.54) is 17.7 Å². The summed E-state index contributed by atoms with van der Waals surface area (Å²) in [5.41, 5.74) is 1.99. The summed E-state index contributed by atoms with van der Waals surface area (Å²) in [6, 6.07) is 9.79. The highest BCUT2D eigenvalue weighted by atomic mass is 32.2. The van der Waals surface area contributed by atoms with Crippen LogP contribution < -0.4 is 10.6 Å². The summed E-state index contributed by atoms with van der Waals surface area (Å²) < 4.78 is 2.51. The van der Waals surface area contributed by atoms with E-state index >= 15 is 0 Å². The Balaban J connectivity index is 1.75. The molecule has 0 aliphatic carbocycles. The van der Waals surface area contributed by atoms with Crippen LogP contribution in [0.25, 0.3) is 0 Å². The summed E-state index contributed by atoms with van der Waals surface area (Å²) in [6.45, 7) is 13.0. The van der Waals surface area contributed by atoms with Gasteiger partial charge in [-0.3, -0.25) is 0 Å². The van der Waals surface area contributed by atoms with Gasteiger partial charge in [-0.05, 0) is 84.5 Å². The van der Waals surface area contributed by atoms with Gasteiger partial charge in [-0.25, -0.2) is 9.29 Å². The van der Waals surface area contributed by atoms with E-state index in [2.05, 4.69) is 83.8 Å². The van der Waals surface area contributed by atoms with Crippen LogP contribution in [0.3, 0.4) is 0 Å². The van der Waals surface area contributed by atoms with Crippen LogP contribution >= 0.6 is 11.9 Å². The fourth-order valence-electron chi connectivity index (χ4n) is 3.20. The molecule has 1 saturated heterocycles. The van der Waals surface area contributed by atoms with Crippen LogP contribution in [0.15, 0.2) is 35.4 Å². The highest BCUT2D eigenvalue weighted by molar-refractivity contribution is 7.97. The van der Waals surface area contributed by atoms with Crippen molar-refractivity contribution in [2.24, 2.45) is 0 Å². The van der Waals surface area contributed by atoms with Gasteiger partial charge in [0.25, 0.3) is 0 Å². The molecule has 2 N–H and O–H groups in total. The lowest BCUT2D eigenvalue weighted by atomic mass is 10.1. The molecule has 2 heterocycles. The number of anilines is 3. The van der Waals surface area contributed by atoms with Gasteiger partial charge in [0.2, 0.25) is 5.95 Å². The smallest absolute Gasteiger partial charge is 0.225 e. The second kappa shape index (κ2) is 8.07. The van der Waals surface area contributed by atoms with Gasteiger partial charge in [-0.2, -0.15) is 4.98 Å². The molecule has 0 radical (unpaired) electrons. The van der Waals surface area contributed by atoms with Crippen molar-refractivity contribution in [3.63, 3.8) is 0 Å². The Labute approximate surface area is 167 Å². The Morgan fingerprint density at radius 2 is 1.85 bits per heavy atom. The van der Waals surface area contributed by atoms with Gasteiger partial charge in [0.1, 0.15) is 5.82 Å². The van der Waals surface area contributed by atoms with Crippen molar-refractivity contribution in [3.05, 3.63) is 36.0 Å². The number of rotatable bonds is 5. The van der Waals surface area contributed by atoms with Crippen molar-refractivity contribution in [3.8, 4) is 0 Å². The molecule has 1 aliphatic rings. The molecular formula is C21H31N5S. The molecule has 5 nitrogen and oxygen atoms in total. The van der Waals surface area contributed by atoms with Crippen LogP contribution in [0.1, 0.15) is 53.0 Å². The molecule has 3 rings (SSSR count). The second-order valence-corrected chi connectivity index (χ2v) is 9.56. The van der Waals surface area contributed by atoms with E-state index in [9.17, 15) is 0 Å². The summed E-state index contributed by atoms with van der Waals surface area (Å²) in [6.07, 6.45) is 4.40. The van der Waals surface area contributed by atoms with E-state index in [1.807, 2.05) is 25.1 Å². The maximum Gasteiger partial charge on any atom is 0.225 e. The first-order chi connectivity index (χ1) is 12.7. The summed E-state index contributed by atoms with van der Waals surface area (Å²) >= 11 is 1.86. The van der Waals surface area contributed by atoms with Crippen LogP contribution in [0.5, 0.6) is 0 Å². The molecule has 1 aliphatic heterocycles. The molecular weight excluding hydrogens is 354 g/mol. The van der Waals surface area contributed by atoms with Crippen molar-refractivity contribution >= 4 is 29.4 Å². The molecule has 0 spiro atoms. The van der Waals surface area contributed by atoms with E-state index < -0.39 is 0 Å². The molecule has 2 aromatic rings. The number of hydrogen-bond donors (Lipinski definition) is 2. The third kappa shape index (κ3) is 5.36. The fraction of sp³-hybridized carbons (Fsp3) is 0.524. The van der Waals surface area contributed by atoms with E-state index in [0.717, 1.165) is 17.1 Å². The minimum absolute atomic E-state index is 0.0772. The molecule has 1 aromatic heterocycles. The average molecular weight is 386 g/mol. The van der Waals surface area contributed by atoms with E-state index in [0.29, 0.717) is 18.0 Å². The Morgan fingerprint density at radius 3 is 2.52 bits per heavy atom. The third-order valence-electron chi connectivity index (χ3n) is 4.64. The molecule has 1 fully saturated rings. The predicted molar refractivity (Wildman–Crippen MR) is 116 cm³/mol. The summed E-state index contributed by atoms with van der Waals surface area (Å²) in [4.78, 5) is 10.3. The second-order valence-electron chi connectivity index (χ2n) is 8.48. The Morgan fingerprint density at radius 1 is 1.15 bits per heavy atom. The number of hydrogen-bond acceptors (Lipinski definition) is 6. The molecule has 0 bridgehead atoms. The van der Waals surface area contributed by atoms with Crippen LogP contribution in [-0.4, -0.2) is 31.9 Å². The van der Waals surface area contributed by atoms with Crippen molar-refractivity contribution in [2.75, 3.05) is 10.6 Å². The van der Waals surface area contributed by atoms with Crippen molar-refractivity contribution in [1.82, 2.24) is 14.3 Å². The van der Waals surface area contributed by atoms with Crippen LogP contribution in [0, 0.1) is 6.92 Å². The minimum Gasteiger partial charge on any atom is -0.350 e. The standard InChI is InChI=1S/C21H31N5S/c1-14-13-22-20(25-21(4,5)6)24-19(14)23-17-8-7-9-18(12-17)27-26-15(2)10-11-16(26)3/h7-9,12-13,15-16H,10-11H2,1-6H3,(H2,22,23,24,25). The molecule has 2 atom stereocenters. The number of nitrogens with one attached hydrogen (secondary N) is 2. The Hall–Kier alpha value is -1.79.